The molecule has 3 aromatic carbocycles. The Hall–Kier alpha value is -3.36. The Morgan fingerprint density at radius 1 is 0.929 bits per heavy atom. The summed E-state index contributed by atoms with van der Waals surface area (Å²) in [6.45, 7) is 5.21. The fraction of sp³-hybridized carbons (Fsp3) is 0.394. The Balaban J connectivity index is 1.71. The fourth-order valence-electron chi connectivity index (χ4n) is 5.42. The summed E-state index contributed by atoms with van der Waals surface area (Å²) in [4.78, 5) is 29.5. The topological polar surface area (TPSA) is 86.8 Å². The molecule has 1 saturated carbocycles. The van der Waals surface area contributed by atoms with Crippen molar-refractivity contribution >= 4 is 39.1 Å². The van der Waals surface area contributed by atoms with E-state index in [1.807, 2.05) is 39.0 Å². The van der Waals surface area contributed by atoms with Crippen LogP contribution in [0.5, 0.6) is 0 Å². The van der Waals surface area contributed by atoms with Crippen molar-refractivity contribution in [3.8, 4) is 0 Å². The molecule has 0 aliphatic heterocycles. The summed E-state index contributed by atoms with van der Waals surface area (Å²) in [6, 6.07) is 20.1. The molecule has 1 atom stereocenters. The number of amides is 2. The van der Waals surface area contributed by atoms with E-state index in [2.05, 4.69) is 5.32 Å². The molecule has 9 heteroatoms. The first-order valence-electron chi connectivity index (χ1n) is 14.6. The van der Waals surface area contributed by atoms with Gasteiger partial charge in [0.25, 0.3) is 10.0 Å². The molecule has 0 spiro atoms. The molecular formula is C33H40ClN3O4S. The molecule has 42 heavy (non-hydrogen) atoms. The molecule has 0 heterocycles. The third kappa shape index (κ3) is 7.72. The van der Waals surface area contributed by atoms with Crippen molar-refractivity contribution in [2.24, 2.45) is 0 Å². The summed E-state index contributed by atoms with van der Waals surface area (Å²) >= 11 is 6.50. The number of nitrogens with one attached hydrogen (secondary N) is 1. The lowest BCUT2D eigenvalue weighted by atomic mass is 9.95. The summed E-state index contributed by atoms with van der Waals surface area (Å²) in [5, 5.41) is 3.63. The molecular weight excluding hydrogens is 570 g/mol. The van der Waals surface area contributed by atoms with Crippen molar-refractivity contribution in [2.45, 2.75) is 82.8 Å². The second-order valence-corrected chi connectivity index (χ2v) is 13.3. The van der Waals surface area contributed by atoms with Crippen LogP contribution in [0.2, 0.25) is 5.02 Å². The van der Waals surface area contributed by atoms with Crippen LogP contribution in [0.3, 0.4) is 0 Å². The van der Waals surface area contributed by atoms with Crippen molar-refractivity contribution in [3.05, 3.63) is 94.5 Å². The highest BCUT2D eigenvalue weighted by molar-refractivity contribution is 7.92. The number of halogens is 1. The number of nitrogens with zero attached hydrogens (tertiary/aromatic N) is 2. The van der Waals surface area contributed by atoms with Gasteiger partial charge in [0.05, 0.1) is 10.6 Å². The Bertz CT molecular complexity index is 1490. The molecule has 0 bridgehead atoms. The zero-order chi connectivity index (χ0) is 30.3. The third-order valence-electron chi connectivity index (χ3n) is 7.81. The number of benzene rings is 3. The number of carbonyl (C=O) groups is 2. The second-order valence-electron chi connectivity index (χ2n) is 11.0. The van der Waals surface area contributed by atoms with E-state index >= 15 is 0 Å². The molecule has 0 saturated heterocycles. The summed E-state index contributed by atoms with van der Waals surface area (Å²) in [5.41, 5.74) is 2.84. The van der Waals surface area contributed by atoms with E-state index in [9.17, 15) is 18.0 Å². The van der Waals surface area contributed by atoms with Gasteiger partial charge >= 0.3 is 0 Å². The minimum absolute atomic E-state index is 0.0708. The normalized spacial score (nSPS) is 14.7. The van der Waals surface area contributed by atoms with Crippen LogP contribution in [0.25, 0.3) is 0 Å². The van der Waals surface area contributed by atoms with Crippen molar-refractivity contribution < 1.29 is 18.0 Å². The molecule has 7 nitrogen and oxygen atoms in total. The van der Waals surface area contributed by atoms with E-state index in [4.69, 9.17) is 11.6 Å². The van der Waals surface area contributed by atoms with Gasteiger partial charge in [-0.05, 0) is 74.6 Å². The first kappa shape index (κ1) is 31.6. The van der Waals surface area contributed by atoms with Crippen LogP contribution in [-0.4, -0.2) is 43.8 Å². The molecule has 1 fully saturated rings. The summed E-state index contributed by atoms with van der Waals surface area (Å²) in [5.74, 6) is -0.717. The molecule has 0 radical (unpaired) electrons. The van der Waals surface area contributed by atoms with Crippen LogP contribution >= 0.6 is 11.6 Å². The third-order valence-corrected chi connectivity index (χ3v) is 9.97. The quantitative estimate of drug-likeness (QED) is 0.272. The Morgan fingerprint density at radius 2 is 1.62 bits per heavy atom. The average Bonchev–Trinajstić information content (AvgIpc) is 2.97. The first-order valence-corrected chi connectivity index (χ1v) is 16.4. The predicted octanol–water partition coefficient (Wildman–Crippen LogP) is 6.41. The lowest BCUT2D eigenvalue weighted by Crippen LogP contribution is -2.54. The number of aryl methyl sites for hydroxylation is 2. The van der Waals surface area contributed by atoms with Gasteiger partial charge in [-0.25, -0.2) is 8.42 Å². The predicted molar refractivity (Wildman–Crippen MR) is 168 cm³/mol. The van der Waals surface area contributed by atoms with Gasteiger partial charge in [-0.3, -0.25) is 13.9 Å². The average molecular weight is 610 g/mol. The molecule has 1 aliphatic carbocycles. The van der Waals surface area contributed by atoms with Crippen LogP contribution < -0.4 is 9.62 Å². The van der Waals surface area contributed by atoms with Gasteiger partial charge in [0.15, 0.2) is 0 Å². The lowest BCUT2D eigenvalue weighted by molar-refractivity contribution is -0.140. The number of hydrogen-bond acceptors (Lipinski definition) is 4. The maximum absolute atomic E-state index is 14.3. The fourth-order valence-corrected chi connectivity index (χ4v) is 7.02. The zero-order valence-corrected chi connectivity index (χ0v) is 26.1. The SMILES string of the molecule is CC[C@H](C(=O)NC1CCCCC1)N(Cc1ccccc1Cl)C(=O)CN(c1cccc(C)c1)S(=O)(=O)c1ccc(C)cc1. The van der Waals surface area contributed by atoms with Crippen LogP contribution in [-0.2, 0) is 26.2 Å². The molecule has 1 N–H and O–H groups in total. The highest BCUT2D eigenvalue weighted by Crippen LogP contribution is 2.27. The highest BCUT2D eigenvalue weighted by atomic mass is 35.5. The summed E-state index contributed by atoms with van der Waals surface area (Å²) < 4.78 is 29.2. The van der Waals surface area contributed by atoms with Gasteiger partial charge in [-0.1, -0.05) is 85.8 Å². The van der Waals surface area contributed by atoms with Gasteiger partial charge in [-0.2, -0.15) is 0 Å². The smallest absolute Gasteiger partial charge is 0.264 e. The molecule has 224 valence electrons. The number of anilines is 1. The minimum atomic E-state index is -4.11. The van der Waals surface area contributed by atoms with Crippen molar-refractivity contribution in [1.82, 2.24) is 10.2 Å². The van der Waals surface area contributed by atoms with Gasteiger partial charge in [0.2, 0.25) is 11.8 Å². The highest BCUT2D eigenvalue weighted by Gasteiger charge is 2.34. The van der Waals surface area contributed by atoms with Crippen LogP contribution in [0.4, 0.5) is 5.69 Å². The first-order chi connectivity index (χ1) is 20.1. The van der Waals surface area contributed by atoms with Gasteiger partial charge in [0, 0.05) is 17.6 Å². The Kier molecular flexibility index (Phi) is 10.7. The molecule has 3 aromatic rings. The summed E-state index contributed by atoms with van der Waals surface area (Å²) in [7, 11) is -4.11. The van der Waals surface area contributed by atoms with Crippen molar-refractivity contribution in [1.29, 1.82) is 0 Å². The van der Waals surface area contributed by atoms with E-state index in [0.717, 1.165) is 47.5 Å². The summed E-state index contributed by atoms with van der Waals surface area (Å²) in [6.07, 6.45) is 5.47. The number of carbonyl (C=O) groups excluding carboxylic acids is 2. The van der Waals surface area contributed by atoms with E-state index in [1.54, 1.807) is 54.6 Å². The Morgan fingerprint density at radius 3 is 2.26 bits per heavy atom. The molecule has 0 aromatic heterocycles. The number of hydrogen-bond donors (Lipinski definition) is 1. The maximum atomic E-state index is 14.3. The lowest BCUT2D eigenvalue weighted by Gasteiger charge is -2.34. The molecule has 1 aliphatic rings. The van der Waals surface area contributed by atoms with E-state index in [0.29, 0.717) is 22.7 Å². The standard InChI is InChI=1S/C33H40ClN3O4S/c1-4-31(33(39)35-27-13-6-5-7-14-27)36(22-26-12-8-9-16-30(26)34)32(38)23-37(28-15-10-11-25(3)21-28)42(40,41)29-19-17-24(2)18-20-29/h8-12,15-21,27,31H,4-7,13-14,22-23H2,1-3H3,(H,35,39)/t31-/m1/s1. The van der Waals surface area contributed by atoms with Gasteiger partial charge in [-0.15, -0.1) is 0 Å². The zero-order valence-electron chi connectivity index (χ0n) is 24.6. The van der Waals surface area contributed by atoms with E-state index in [-0.39, 0.29) is 23.4 Å². The largest absolute Gasteiger partial charge is 0.352 e. The number of rotatable bonds is 11. The van der Waals surface area contributed by atoms with E-state index < -0.39 is 28.5 Å². The van der Waals surface area contributed by atoms with Crippen molar-refractivity contribution in [3.63, 3.8) is 0 Å². The van der Waals surface area contributed by atoms with E-state index in [1.165, 1.54) is 4.90 Å². The minimum Gasteiger partial charge on any atom is -0.352 e. The van der Waals surface area contributed by atoms with Crippen molar-refractivity contribution in [2.75, 3.05) is 10.8 Å². The van der Waals surface area contributed by atoms with Crippen LogP contribution in [0, 0.1) is 13.8 Å². The molecule has 4 rings (SSSR count). The molecule has 2 amide bonds. The Labute approximate surface area is 254 Å². The monoisotopic (exact) mass is 609 g/mol. The number of sulfonamides is 1. The van der Waals surface area contributed by atoms with Gasteiger partial charge < -0.3 is 10.2 Å². The van der Waals surface area contributed by atoms with Gasteiger partial charge in [0.1, 0.15) is 12.6 Å². The van der Waals surface area contributed by atoms with Crippen LogP contribution in [0.15, 0.2) is 77.7 Å². The second kappa shape index (κ2) is 14.2. The molecule has 0 unspecified atom stereocenters. The maximum Gasteiger partial charge on any atom is 0.264 e. The van der Waals surface area contributed by atoms with Crippen LogP contribution in [0.1, 0.15) is 62.1 Å².